The Balaban J connectivity index is 1.48. The van der Waals surface area contributed by atoms with Crippen molar-refractivity contribution in [2.24, 2.45) is 0 Å². The number of aryl methyl sites for hydroxylation is 1. The van der Waals surface area contributed by atoms with Crippen LogP contribution in [0.2, 0.25) is 0 Å². The fraction of sp³-hybridized carbons (Fsp3) is 0.269. The van der Waals surface area contributed by atoms with E-state index in [2.05, 4.69) is 35.1 Å². The third kappa shape index (κ3) is 4.76. The van der Waals surface area contributed by atoms with Gasteiger partial charge in [0.1, 0.15) is 17.1 Å². The molecule has 0 spiro atoms. The summed E-state index contributed by atoms with van der Waals surface area (Å²) in [5.74, 6) is 2.11. The monoisotopic (exact) mass is 468 g/mol. The molecular weight excluding hydrogens is 440 g/mol. The largest absolute Gasteiger partial charge is 0.384 e. The first kappa shape index (κ1) is 22.7. The number of aromatic nitrogens is 5. The van der Waals surface area contributed by atoms with E-state index in [9.17, 15) is 5.11 Å². The van der Waals surface area contributed by atoms with Crippen molar-refractivity contribution in [1.29, 1.82) is 0 Å². The number of rotatable bonds is 5. The SMILES string of the molecule is Cc1cccc(-c2ncc3c(n2)N(c2ccnc(Nc4ccnc(C(C)(C)O)c4)c2)CCN3C)n1. The van der Waals surface area contributed by atoms with Crippen LogP contribution in [-0.4, -0.2) is 50.2 Å². The standard InChI is InChI=1S/C26H28N8O/c1-17-6-5-7-20(30-17)24-29-16-21-25(32-24)34(13-12-33(21)4)19-9-11-28-23(15-19)31-18-8-10-27-22(14-18)26(2,3)35/h5-11,14-16,35H,12-13H2,1-4H3,(H,27,28,31). The quantitative estimate of drug-likeness (QED) is 0.446. The van der Waals surface area contributed by atoms with Crippen molar-refractivity contribution in [2.75, 3.05) is 35.3 Å². The summed E-state index contributed by atoms with van der Waals surface area (Å²) in [5.41, 5.74) is 3.96. The van der Waals surface area contributed by atoms with E-state index < -0.39 is 5.60 Å². The van der Waals surface area contributed by atoms with Gasteiger partial charge in [-0.15, -0.1) is 0 Å². The van der Waals surface area contributed by atoms with Gasteiger partial charge in [-0.05, 0) is 51.1 Å². The van der Waals surface area contributed by atoms with Crippen LogP contribution in [0.3, 0.4) is 0 Å². The summed E-state index contributed by atoms with van der Waals surface area (Å²) in [6, 6.07) is 13.5. The molecule has 35 heavy (non-hydrogen) atoms. The molecule has 4 aromatic heterocycles. The van der Waals surface area contributed by atoms with E-state index in [1.807, 2.05) is 62.6 Å². The molecule has 5 rings (SSSR count). The van der Waals surface area contributed by atoms with Crippen molar-refractivity contribution in [3.05, 3.63) is 72.4 Å². The van der Waals surface area contributed by atoms with Gasteiger partial charge in [-0.2, -0.15) is 0 Å². The third-order valence-corrected chi connectivity index (χ3v) is 5.91. The van der Waals surface area contributed by atoms with Gasteiger partial charge < -0.3 is 20.2 Å². The number of hydrogen-bond acceptors (Lipinski definition) is 9. The van der Waals surface area contributed by atoms with Gasteiger partial charge in [-0.3, -0.25) is 4.98 Å². The summed E-state index contributed by atoms with van der Waals surface area (Å²) < 4.78 is 0. The zero-order chi connectivity index (χ0) is 24.6. The van der Waals surface area contributed by atoms with Crippen molar-refractivity contribution in [3.63, 3.8) is 0 Å². The Morgan fingerprint density at radius 1 is 0.971 bits per heavy atom. The number of fused-ring (bicyclic) bond motifs is 1. The Hall–Kier alpha value is -4.11. The summed E-state index contributed by atoms with van der Waals surface area (Å²) >= 11 is 0. The van der Waals surface area contributed by atoms with Crippen LogP contribution in [0.25, 0.3) is 11.5 Å². The van der Waals surface area contributed by atoms with E-state index >= 15 is 0 Å². The predicted octanol–water partition coefficient (Wildman–Crippen LogP) is 4.20. The molecule has 0 amide bonds. The predicted molar refractivity (Wildman–Crippen MR) is 137 cm³/mol. The van der Waals surface area contributed by atoms with Crippen LogP contribution in [0, 0.1) is 6.92 Å². The molecule has 4 aromatic rings. The van der Waals surface area contributed by atoms with E-state index in [0.29, 0.717) is 17.3 Å². The van der Waals surface area contributed by atoms with Crippen LogP contribution < -0.4 is 15.1 Å². The number of anilines is 5. The molecule has 2 N–H and O–H groups in total. The first-order chi connectivity index (χ1) is 16.8. The molecule has 0 saturated carbocycles. The zero-order valence-electron chi connectivity index (χ0n) is 20.3. The summed E-state index contributed by atoms with van der Waals surface area (Å²) in [7, 11) is 2.05. The summed E-state index contributed by atoms with van der Waals surface area (Å²) in [6.45, 7) is 6.99. The fourth-order valence-electron chi connectivity index (χ4n) is 4.00. The lowest BCUT2D eigenvalue weighted by Crippen LogP contribution is -2.37. The number of aliphatic hydroxyl groups is 1. The number of likely N-dealkylation sites (N-methyl/N-ethyl adjacent to an activating group) is 1. The number of nitrogens with zero attached hydrogens (tertiary/aromatic N) is 7. The van der Waals surface area contributed by atoms with E-state index in [-0.39, 0.29) is 0 Å². The van der Waals surface area contributed by atoms with Gasteiger partial charge in [0.2, 0.25) is 0 Å². The van der Waals surface area contributed by atoms with E-state index in [1.165, 1.54) is 0 Å². The lowest BCUT2D eigenvalue weighted by atomic mass is 10.0. The third-order valence-electron chi connectivity index (χ3n) is 5.91. The Morgan fingerprint density at radius 2 is 1.80 bits per heavy atom. The molecule has 0 atom stereocenters. The number of pyridine rings is 3. The van der Waals surface area contributed by atoms with Crippen molar-refractivity contribution in [3.8, 4) is 11.5 Å². The topological polar surface area (TPSA) is 103 Å². The van der Waals surface area contributed by atoms with Crippen LogP contribution in [0.4, 0.5) is 28.7 Å². The molecule has 9 heteroatoms. The van der Waals surface area contributed by atoms with E-state index in [0.717, 1.165) is 47.4 Å². The second-order valence-electron chi connectivity index (χ2n) is 9.15. The highest BCUT2D eigenvalue weighted by Crippen LogP contribution is 2.36. The van der Waals surface area contributed by atoms with Crippen molar-refractivity contribution in [2.45, 2.75) is 26.4 Å². The highest BCUT2D eigenvalue weighted by Gasteiger charge is 2.25. The van der Waals surface area contributed by atoms with Crippen LogP contribution >= 0.6 is 0 Å². The lowest BCUT2D eigenvalue weighted by molar-refractivity contribution is 0.0739. The Bertz CT molecular complexity index is 1370. The molecule has 0 aliphatic carbocycles. The van der Waals surface area contributed by atoms with Crippen molar-refractivity contribution >= 4 is 28.7 Å². The van der Waals surface area contributed by atoms with Gasteiger partial charge in [-0.25, -0.2) is 19.9 Å². The van der Waals surface area contributed by atoms with Crippen LogP contribution in [0.5, 0.6) is 0 Å². The maximum Gasteiger partial charge on any atom is 0.180 e. The summed E-state index contributed by atoms with van der Waals surface area (Å²) in [5, 5.41) is 13.6. The highest BCUT2D eigenvalue weighted by molar-refractivity contribution is 5.78. The van der Waals surface area contributed by atoms with Crippen LogP contribution in [-0.2, 0) is 5.60 Å². The molecule has 5 heterocycles. The average molecular weight is 469 g/mol. The molecule has 0 radical (unpaired) electrons. The normalized spacial score (nSPS) is 13.5. The first-order valence-corrected chi connectivity index (χ1v) is 11.5. The minimum atomic E-state index is -1.03. The average Bonchev–Trinajstić information content (AvgIpc) is 2.84. The number of hydrogen-bond donors (Lipinski definition) is 2. The first-order valence-electron chi connectivity index (χ1n) is 11.5. The van der Waals surface area contributed by atoms with Gasteiger partial charge >= 0.3 is 0 Å². The minimum Gasteiger partial charge on any atom is -0.384 e. The number of nitrogens with one attached hydrogen (secondary N) is 1. The molecule has 0 aromatic carbocycles. The molecule has 1 aliphatic heterocycles. The lowest BCUT2D eigenvalue weighted by Gasteiger charge is -2.35. The van der Waals surface area contributed by atoms with Gasteiger partial charge in [0.05, 0.1) is 17.6 Å². The Morgan fingerprint density at radius 3 is 2.60 bits per heavy atom. The second kappa shape index (κ2) is 8.92. The fourth-order valence-corrected chi connectivity index (χ4v) is 4.00. The van der Waals surface area contributed by atoms with E-state index in [4.69, 9.17) is 4.98 Å². The summed E-state index contributed by atoms with van der Waals surface area (Å²) in [4.78, 5) is 27.2. The van der Waals surface area contributed by atoms with Crippen LogP contribution in [0.15, 0.2) is 61.1 Å². The summed E-state index contributed by atoms with van der Waals surface area (Å²) in [6.07, 6.45) is 5.31. The molecule has 9 nitrogen and oxygen atoms in total. The van der Waals surface area contributed by atoms with Gasteiger partial charge in [-0.1, -0.05) is 6.07 Å². The van der Waals surface area contributed by atoms with Crippen molar-refractivity contribution < 1.29 is 5.11 Å². The highest BCUT2D eigenvalue weighted by atomic mass is 16.3. The molecular formula is C26H28N8O. The Kier molecular flexibility index (Phi) is 5.78. The second-order valence-corrected chi connectivity index (χ2v) is 9.15. The Labute approximate surface area is 204 Å². The molecule has 178 valence electrons. The molecule has 0 unspecified atom stereocenters. The maximum atomic E-state index is 10.3. The van der Waals surface area contributed by atoms with Gasteiger partial charge in [0.25, 0.3) is 0 Å². The molecule has 0 saturated heterocycles. The van der Waals surface area contributed by atoms with Gasteiger partial charge in [0.15, 0.2) is 11.6 Å². The van der Waals surface area contributed by atoms with Crippen LogP contribution in [0.1, 0.15) is 25.2 Å². The van der Waals surface area contributed by atoms with Crippen molar-refractivity contribution in [1.82, 2.24) is 24.9 Å². The van der Waals surface area contributed by atoms with E-state index in [1.54, 1.807) is 26.2 Å². The zero-order valence-corrected chi connectivity index (χ0v) is 20.3. The minimum absolute atomic E-state index is 0.584. The smallest absolute Gasteiger partial charge is 0.180 e. The molecule has 1 aliphatic rings. The maximum absolute atomic E-state index is 10.3. The molecule has 0 fully saturated rings. The van der Waals surface area contributed by atoms with Gasteiger partial charge in [0, 0.05) is 55.7 Å². The molecule has 0 bridgehead atoms.